The molecule has 0 unspecified atom stereocenters. The van der Waals surface area contributed by atoms with Crippen molar-refractivity contribution < 1.29 is 9.47 Å². The monoisotopic (exact) mass is 439 g/mol. The van der Waals surface area contributed by atoms with Crippen LogP contribution in [0.2, 0.25) is 5.02 Å². The van der Waals surface area contributed by atoms with Crippen molar-refractivity contribution in [3.05, 3.63) is 58.6 Å². The average molecular weight is 440 g/mol. The van der Waals surface area contributed by atoms with Crippen molar-refractivity contribution in [2.24, 2.45) is 5.41 Å². The zero-order valence-electron chi connectivity index (χ0n) is 18.5. The van der Waals surface area contributed by atoms with Crippen molar-refractivity contribution in [1.82, 2.24) is 5.32 Å². The molecule has 0 atom stereocenters. The second-order valence-corrected chi connectivity index (χ2v) is 9.48. The van der Waals surface area contributed by atoms with E-state index in [1.54, 1.807) is 0 Å². The molecular weight excluding hydrogens is 405 g/mol. The molecule has 0 heterocycles. The first kappa shape index (κ1) is 25.6. The van der Waals surface area contributed by atoms with Crippen molar-refractivity contribution >= 4 is 24.0 Å². The molecule has 0 amide bonds. The number of benzene rings is 2. The minimum absolute atomic E-state index is 0. The largest absolute Gasteiger partial charge is 0.490 e. The Labute approximate surface area is 187 Å². The maximum absolute atomic E-state index is 6.23. The van der Waals surface area contributed by atoms with Crippen LogP contribution in [-0.4, -0.2) is 12.1 Å². The highest BCUT2D eigenvalue weighted by atomic mass is 35.5. The number of ether oxygens (including phenoxy) is 2. The molecule has 0 aliphatic heterocycles. The molecule has 0 radical (unpaired) electrons. The van der Waals surface area contributed by atoms with Gasteiger partial charge in [-0.05, 0) is 56.4 Å². The first-order valence-corrected chi connectivity index (χ1v) is 10.3. The van der Waals surface area contributed by atoms with Gasteiger partial charge in [0.05, 0.1) is 6.61 Å². The molecular formula is C24H35Cl2NO2. The summed E-state index contributed by atoms with van der Waals surface area (Å²) in [4.78, 5) is 0. The molecule has 0 aliphatic carbocycles. The fourth-order valence-electron chi connectivity index (χ4n) is 3.55. The molecule has 2 aromatic rings. The Kier molecular flexibility index (Phi) is 9.81. The van der Waals surface area contributed by atoms with Gasteiger partial charge < -0.3 is 14.8 Å². The number of rotatable bonds is 9. The fourth-order valence-corrected chi connectivity index (χ4v) is 3.74. The smallest absolute Gasteiger partial charge is 0.161 e. The van der Waals surface area contributed by atoms with E-state index in [2.05, 4.69) is 52.1 Å². The standard InChI is InChI=1S/C24H34ClNO2.ClH/c1-7-27-22-14-18(15-26-24(5,6)17-23(2,3)4)12-13-21(22)28-16-19-10-8-9-11-20(19)25;/h8-14,26H,7,15-17H2,1-6H3;1H. The quantitative estimate of drug-likeness (QED) is 0.453. The van der Waals surface area contributed by atoms with Gasteiger partial charge in [0, 0.05) is 22.7 Å². The van der Waals surface area contributed by atoms with E-state index < -0.39 is 0 Å². The summed E-state index contributed by atoms with van der Waals surface area (Å²) in [5, 5.41) is 4.38. The van der Waals surface area contributed by atoms with Crippen LogP contribution in [0.1, 0.15) is 59.1 Å². The summed E-state index contributed by atoms with van der Waals surface area (Å²) in [5.41, 5.74) is 2.48. The third-order valence-electron chi connectivity index (χ3n) is 4.39. The van der Waals surface area contributed by atoms with Gasteiger partial charge in [0.2, 0.25) is 0 Å². The maximum Gasteiger partial charge on any atom is 0.161 e. The van der Waals surface area contributed by atoms with Crippen LogP contribution in [0.3, 0.4) is 0 Å². The Morgan fingerprint density at radius 1 is 0.931 bits per heavy atom. The highest BCUT2D eigenvalue weighted by Gasteiger charge is 2.24. The lowest BCUT2D eigenvalue weighted by molar-refractivity contribution is 0.240. The predicted octanol–water partition coefficient (Wildman–Crippen LogP) is 7.04. The van der Waals surface area contributed by atoms with Gasteiger partial charge >= 0.3 is 0 Å². The Morgan fingerprint density at radius 3 is 2.24 bits per heavy atom. The molecule has 0 aromatic heterocycles. The molecule has 3 nitrogen and oxygen atoms in total. The number of hydrogen-bond donors (Lipinski definition) is 1. The highest BCUT2D eigenvalue weighted by Crippen LogP contribution is 2.31. The van der Waals surface area contributed by atoms with Gasteiger partial charge in [-0.3, -0.25) is 0 Å². The summed E-state index contributed by atoms with van der Waals surface area (Å²) in [7, 11) is 0. The molecule has 0 bridgehead atoms. The van der Waals surface area contributed by atoms with Gasteiger partial charge in [-0.1, -0.05) is 56.6 Å². The van der Waals surface area contributed by atoms with Crippen LogP contribution in [0.15, 0.2) is 42.5 Å². The maximum atomic E-state index is 6.23. The van der Waals surface area contributed by atoms with Crippen LogP contribution in [0.25, 0.3) is 0 Å². The lowest BCUT2D eigenvalue weighted by Gasteiger charge is -2.33. The molecule has 2 aromatic carbocycles. The Hall–Kier alpha value is -1.42. The second-order valence-electron chi connectivity index (χ2n) is 9.07. The minimum atomic E-state index is 0. The van der Waals surface area contributed by atoms with Crippen LogP contribution in [0.5, 0.6) is 11.5 Å². The summed E-state index contributed by atoms with van der Waals surface area (Å²) in [6.45, 7) is 15.1. The van der Waals surface area contributed by atoms with E-state index in [4.69, 9.17) is 21.1 Å². The third-order valence-corrected chi connectivity index (χ3v) is 4.76. The van der Waals surface area contributed by atoms with Gasteiger partial charge in [-0.25, -0.2) is 0 Å². The second kappa shape index (κ2) is 11.1. The molecule has 0 fully saturated rings. The molecule has 2 rings (SSSR count). The van der Waals surface area contributed by atoms with Gasteiger partial charge in [0.1, 0.15) is 6.61 Å². The Bertz CT molecular complexity index is 770. The normalized spacial score (nSPS) is 11.7. The van der Waals surface area contributed by atoms with Crippen LogP contribution >= 0.6 is 24.0 Å². The lowest BCUT2D eigenvalue weighted by atomic mass is 9.82. The fraction of sp³-hybridized carbons (Fsp3) is 0.500. The van der Waals surface area contributed by atoms with Gasteiger partial charge in [0.15, 0.2) is 11.5 Å². The number of hydrogen-bond acceptors (Lipinski definition) is 3. The summed E-state index contributed by atoms with van der Waals surface area (Å²) in [5.74, 6) is 1.50. The van der Waals surface area contributed by atoms with Crippen molar-refractivity contribution in [2.45, 2.75) is 66.7 Å². The third kappa shape index (κ3) is 8.86. The Morgan fingerprint density at radius 2 is 1.62 bits per heavy atom. The molecule has 29 heavy (non-hydrogen) atoms. The molecule has 0 spiro atoms. The number of nitrogens with one attached hydrogen (secondary N) is 1. The average Bonchev–Trinajstić information content (AvgIpc) is 2.59. The van der Waals surface area contributed by atoms with Crippen LogP contribution in [-0.2, 0) is 13.2 Å². The lowest BCUT2D eigenvalue weighted by Crippen LogP contribution is -2.41. The molecule has 5 heteroatoms. The highest BCUT2D eigenvalue weighted by molar-refractivity contribution is 6.31. The number of halogens is 2. The van der Waals surface area contributed by atoms with E-state index in [9.17, 15) is 0 Å². The van der Waals surface area contributed by atoms with Crippen molar-refractivity contribution in [3.8, 4) is 11.5 Å². The molecule has 0 saturated heterocycles. The van der Waals surface area contributed by atoms with Gasteiger partial charge in [-0.15, -0.1) is 12.4 Å². The van der Waals surface area contributed by atoms with E-state index >= 15 is 0 Å². The van der Waals surface area contributed by atoms with Crippen molar-refractivity contribution in [2.75, 3.05) is 6.61 Å². The van der Waals surface area contributed by atoms with E-state index in [0.29, 0.717) is 18.2 Å². The van der Waals surface area contributed by atoms with E-state index in [1.807, 2.05) is 37.3 Å². The zero-order chi connectivity index (χ0) is 20.8. The zero-order valence-corrected chi connectivity index (χ0v) is 20.0. The molecule has 0 aliphatic rings. The van der Waals surface area contributed by atoms with Crippen LogP contribution in [0, 0.1) is 5.41 Å². The molecule has 1 N–H and O–H groups in total. The SMILES string of the molecule is CCOc1cc(CNC(C)(C)CC(C)(C)C)ccc1OCc1ccccc1Cl.Cl. The van der Waals surface area contributed by atoms with Crippen molar-refractivity contribution in [1.29, 1.82) is 0 Å². The Balaban J connectivity index is 0.00000420. The van der Waals surface area contributed by atoms with E-state index in [1.165, 1.54) is 5.56 Å². The van der Waals surface area contributed by atoms with E-state index in [-0.39, 0.29) is 23.4 Å². The van der Waals surface area contributed by atoms with E-state index in [0.717, 1.165) is 30.0 Å². The van der Waals surface area contributed by atoms with Gasteiger partial charge in [-0.2, -0.15) is 0 Å². The molecule has 0 saturated carbocycles. The first-order valence-electron chi connectivity index (χ1n) is 9.96. The molecule has 162 valence electrons. The topological polar surface area (TPSA) is 30.5 Å². The van der Waals surface area contributed by atoms with Crippen LogP contribution in [0.4, 0.5) is 0 Å². The van der Waals surface area contributed by atoms with Crippen LogP contribution < -0.4 is 14.8 Å². The summed E-state index contributed by atoms with van der Waals surface area (Å²) in [6.07, 6.45) is 1.09. The predicted molar refractivity (Wildman–Crippen MR) is 126 cm³/mol. The van der Waals surface area contributed by atoms with Crippen molar-refractivity contribution in [3.63, 3.8) is 0 Å². The summed E-state index contributed by atoms with van der Waals surface area (Å²) < 4.78 is 11.8. The van der Waals surface area contributed by atoms with Gasteiger partial charge in [0.25, 0.3) is 0 Å². The summed E-state index contributed by atoms with van der Waals surface area (Å²) in [6, 6.07) is 13.9. The first-order chi connectivity index (χ1) is 13.1. The minimum Gasteiger partial charge on any atom is -0.490 e. The summed E-state index contributed by atoms with van der Waals surface area (Å²) >= 11 is 6.23.